The van der Waals surface area contributed by atoms with Crippen molar-refractivity contribution in [1.29, 1.82) is 0 Å². The Balaban J connectivity index is 4.72. The second kappa shape index (κ2) is 14.3. The molecule has 0 aromatic rings. The van der Waals surface area contributed by atoms with E-state index in [1.807, 2.05) is 0 Å². The molecule has 0 aliphatic carbocycles. The Kier molecular flexibility index (Phi) is 12.9. The molecule has 0 saturated carbocycles. The number of amides is 2. The molecule has 0 aromatic carbocycles. The molecule has 13 nitrogen and oxygen atoms in total. The molecule has 2 amide bonds. The minimum absolute atomic E-state index is 0.0754. The largest absolute Gasteiger partial charge is 0.481 e. The van der Waals surface area contributed by atoms with Gasteiger partial charge in [-0.2, -0.15) is 0 Å². The molecule has 166 valence electrons. The number of aliphatic carboxylic acids is 3. The lowest BCUT2D eigenvalue weighted by Gasteiger charge is -2.27. The maximum atomic E-state index is 11.6. The zero-order valence-electron chi connectivity index (χ0n) is 16.5. The molecular weight excluding hydrogens is 390 g/mol. The third kappa shape index (κ3) is 12.3. The van der Waals surface area contributed by atoms with Crippen LogP contribution in [0.25, 0.3) is 0 Å². The zero-order valence-corrected chi connectivity index (χ0v) is 16.5. The maximum absolute atomic E-state index is 11.6. The standard InChI is InChI=1S/C16H29N5O8/c1-17-12(22)8-20(10-15(26)27)5-3-19-4-6-21(9-13(23)18-2)11(16(28)29)7-14(24)25/h11,19H,3-10H2,1-2H3,(H,17,22)(H,18,23)(H,24,25)(H,26,27)(H,28,29). The lowest BCUT2D eigenvalue weighted by atomic mass is 10.1. The van der Waals surface area contributed by atoms with E-state index in [9.17, 15) is 29.1 Å². The Hall–Kier alpha value is -2.77. The van der Waals surface area contributed by atoms with E-state index >= 15 is 0 Å². The highest BCUT2D eigenvalue weighted by Gasteiger charge is 2.29. The van der Waals surface area contributed by atoms with E-state index in [0.29, 0.717) is 6.54 Å². The Morgan fingerprint density at radius 2 is 1.34 bits per heavy atom. The second-order valence-electron chi connectivity index (χ2n) is 6.12. The second-order valence-corrected chi connectivity index (χ2v) is 6.12. The van der Waals surface area contributed by atoms with Crippen LogP contribution in [0.2, 0.25) is 0 Å². The van der Waals surface area contributed by atoms with E-state index in [2.05, 4.69) is 16.0 Å². The summed E-state index contributed by atoms with van der Waals surface area (Å²) in [6, 6.07) is -1.37. The van der Waals surface area contributed by atoms with Gasteiger partial charge in [0.2, 0.25) is 11.8 Å². The Morgan fingerprint density at radius 1 is 0.793 bits per heavy atom. The molecule has 29 heavy (non-hydrogen) atoms. The molecule has 0 heterocycles. The number of nitrogens with one attached hydrogen (secondary N) is 3. The highest BCUT2D eigenvalue weighted by atomic mass is 16.4. The van der Waals surface area contributed by atoms with Crippen LogP contribution in [0.4, 0.5) is 0 Å². The molecule has 0 rings (SSSR count). The maximum Gasteiger partial charge on any atom is 0.321 e. The van der Waals surface area contributed by atoms with Gasteiger partial charge in [0, 0.05) is 40.3 Å². The number of carbonyl (C=O) groups is 5. The van der Waals surface area contributed by atoms with Crippen molar-refractivity contribution < 1.29 is 39.3 Å². The molecule has 1 atom stereocenters. The number of hydrogen-bond acceptors (Lipinski definition) is 8. The van der Waals surface area contributed by atoms with Gasteiger partial charge in [0.05, 0.1) is 26.1 Å². The van der Waals surface area contributed by atoms with Gasteiger partial charge in [-0.15, -0.1) is 0 Å². The Labute approximate surface area is 168 Å². The van der Waals surface area contributed by atoms with Crippen molar-refractivity contribution in [2.75, 3.05) is 59.9 Å². The fourth-order valence-corrected chi connectivity index (χ4v) is 2.42. The molecule has 0 saturated heterocycles. The number of nitrogens with zero attached hydrogens (tertiary/aromatic N) is 2. The number of carbonyl (C=O) groups excluding carboxylic acids is 2. The van der Waals surface area contributed by atoms with Gasteiger partial charge in [-0.25, -0.2) is 0 Å². The molecule has 6 N–H and O–H groups in total. The number of rotatable bonds is 16. The lowest BCUT2D eigenvalue weighted by Crippen LogP contribution is -2.49. The van der Waals surface area contributed by atoms with Crippen LogP contribution in [0, 0.1) is 0 Å². The van der Waals surface area contributed by atoms with Crippen molar-refractivity contribution in [1.82, 2.24) is 25.8 Å². The Bertz CT molecular complexity index is 586. The first-order chi connectivity index (χ1) is 13.6. The average molecular weight is 419 g/mol. The first-order valence-electron chi connectivity index (χ1n) is 8.85. The minimum atomic E-state index is -1.37. The van der Waals surface area contributed by atoms with Crippen molar-refractivity contribution in [3.05, 3.63) is 0 Å². The molecule has 13 heteroatoms. The molecule has 0 spiro atoms. The minimum Gasteiger partial charge on any atom is -0.481 e. The first kappa shape index (κ1) is 26.2. The summed E-state index contributed by atoms with van der Waals surface area (Å²) in [5.41, 5.74) is 0. The summed E-state index contributed by atoms with van der Waals surface area (Å²) in [6.07, 6.45) is -0.662. The summed E-state index contributed by atoms with van der Waals surface area (Å²) in [7, 11) is 2.83. The SMILES string of the molecule is CNC(=O)CN(CCNCCN(CC(=O)NC)C(CC(=O)O)C(=O)O)CC(=O)O. The van der Waals surface area contributed by atoms with Crippen molar-refractivity contribution in [3.63, 3.8) is 0 Å². The highest BCUT2D eigenvalue weighted by molar-refractivity contribution is 5.82. The summed E-state index contributed by atoms with van der Waals surface area (Å²) in [5.74, 6) is -4.52. The van der Waals surface area contributed by atoms with Gasteiger partial charge in [0.1, 0.15) is 6.04 Å². The van der Waals surface area contributed by atoms with Gasteiger partial charge in [0.25, 0.3) is 0 Å². The van der Waals surface area contributed by atoms with E-state index in [1.54, 1.807) is 0 Å². The number of carboxylic acid groups (broad SMARTS) is 3. The van der Waals surface area contributed by atoms with Gasteiger partial charge in [0.15, 0.2) is 0 Å². The van der Waals surface area contributed by atoms with Gasteiger partial charge >= 0.3 is 17.9 Å². The molecule has 0 aliphatic heterocycles. The third-order valence-corrected chi connectivity index (χ3v) is 3.90. The molecule has 1 unspecified atom stereocenters. The fourth-order valence-electron chi connectivity index (χ4n) is 2.42. The van der Waals surface area contributed by atoms with Gasteiger partial charge in [-0.3, -0.25) is 33.8 Å². The van der Waals surface area contributed by atoms with Crippen LogP contribution in [0.15, 0.2) is 0 Å². The Morgan fingerprint density at radius 3 is 1.83 bits per heavy atom. The molecule has 0 aromatic heterocycles. The normalized spacial score (nSPS) is 11.9. The molecule has 0 aliphatic rings. The summed E-state index contributed by atoms with van der Waals surface area (Å²) < 4.78 is 0. The van der Waals surface area contributed by atoms with Crippen molar-refractivity contribution in [2.45, 2.75) is 12.5 Å². The summed E-state index contributed by atoms with van der Waals surface area (Å²) >= 11 is 0. The van der Waals surface area contributed by atoms with Gasteiger partial charge in [-0.05, 0) is 0 Å². The van der Waals surface area contributed by atoms with Gasteiger partial charge in [-0.1, -0.05) is 0 Å². The zero-order chi connectivity index (χ0) is 22.4. The van der Waals surface area contributed by atoms with Crippen LogP contribution in [0.3, 0.4) is 0 Å². The van der Waals surface area contributed by atoms with Crippen LogP contribution in [-0.2, 0) is 24.0 Å². The summed E-state index contributed by atoms with van der Waals surface area (Å²) in [5, 5.41) is 34.8. The topological polar surface area (TPSA) is 189 Å². The van der Waals surface area contributed by atoms with Crippen LogP contribution in [0.5, 0.6) is 0 Å². The van der Waals surface area contributed by atoms with E-state index < -0.39 is 36.3 Å². The summed E-state index contributed by atoms with van der Waals surface area (Å²) in [4.78, 5) is 58.9. The van der Waals surface area contributed by atoms with E-state index in [1.165, 1.54) is 23.9 Å². The van der Waals surface area contributed by atoms with Crippen molar-refractivity contribution in [2.24, 2.45) is 0 Å². The van der Waals surface area contributed by atoms with Gasteiger partial charge < -0.3 is 31.3 Å². The third-order valence-electron chi connectivity index (χ3n) is 3.90. The smallest absolute Gasteiger partial charge is 0.321 e. The predicted molar refractivity (Wildman–Crippen MR) is 100 cm³/mol. The van der Waals surface area contributed by atoms with Crippen LogP contribution in [-0.4, -0.2) is 121 Å². The molecule has 0 radical (unpaired) electrons. The quantitative estimate of drug-likeness (QED) is 0.137. The summed E-state index contributed by atoms with van der Waals surface area (Å²) in [6.45, 7) is 0.142. The molecule has 0 fully saturated rings. The first-order valence-corrected chi connectivity index (χ1v) is 8.85. The average Bonchev–Trinajstić information content (AvgIpc) is 2.63. The van der Waals surface area contributed by atoms with E-state index in [0.717, 1.165) is 0 Å². The number of hydrogen-bond donors (Lipinski definition) is 6. The monoisotopic (exact) mass is 419 g/mol. The molecular formula is C16H29N5O8. The van der Waals surface area contributed by atoms with Crippen LogP contribution >= 0.6 is 0 Å². The predicted octanol–water partition coefficient (Wildman–Crippen LogP) is -3.32. The van der Waals surface area contributed by atoms with Crippen molar-refractivity contribution >= 4 is 29.7 Å². The van der Waals surface area contributed by atoms with E-state index in [4.69, 9.17) is 10.2 Å². The fraction of sp³-hybridized carbons (Fsp3) is 0.688. The molecule has 0 bridgehead atoms. The number of likely N-dealkylation sites (N-methyl/N-ethyl adjacent to an activating group) is 2. The van der Waals surface area contributed by atoms with E-state index in [-0.39, 0.29) is 45.2 Å². The van der Waals surface area contributed by atoms with Crippen LogP contribution < -0.4 is 16.0 Å². The lowest BCUT2D eigenvalue weighted by molar-refractivity contribution is -0.150. The number of carboxylic acids is 3. The van der Waals surface area contributed by atoms with Crippen molar-refractivity contribution in [3.8, 4) is 0 Å². The highest BCUT2D eigenvalue weighted by Crippen LogP contribution is 2.05. The van der Waals surface area contributed by atoms with Crippen LogP contribution in [0.1, 0.15) is 6.42 Å².